The van der Waals surface area contributed by atoms with Gasteiger partial charge in [0.05, 0.1) is 9.79 Å². The minimum atomic E-state index is -3.92. The summed E-state index contributed by atoms with van der Waals surface area (Å²) in [7, 11) is -11.4. The quantitative estimate of drug-likeness (QED) is 0.542. The van der Waals surface area contributed by atoms with E-state index in [1.54, 1.807) is 0 Å². The van der Waals surface area contributed by atoms with Crippen LogP contribution in [0.4, 0.5) is 0 Å². The van der Waals surface area contributed by atoms with E-state index in [1.165, 1.54) is 25.0 Å². The van der Waals surface area contributed by atoms with Gasteiger partial charge >= 0.3 is 0 Å². The molecule has 0 bridgehead atoms. The minimum Gasteiger partial charge on any atom is -0.225 e. The Hall–Kier alpha value is -1.09. The summed E-state index contributed by atoms with van der Waals surface area (Å²) in [6.07, 6.45) is 1.39. The van der Waals surface area contributed by atoms with Crippen molar-refractivity contribution < 1.29 is 25.3 Å². The van der Waals surface area contributed by atoms with Gasteiger partial charge in [0.1, 0.15) is 0 Å². The molecule has 10 nitrogen and oxygen atoms in total. The second-order valence-corrected chi connectivity index (χ2v) is 12.2. The van der Waals surface area contributed by atoms with Gasteiger partial charge in [-0.25, -0.2) is 22.0 Å². The first-order valence-corrected chi connectivity index (χ1v) is 13.7. The van der Waals surface area contributed by atoms with Gasteiger partial charge in [0, 0.05) is 39.3 Å². The lowest BCUT2D eigenvalue weighted by Gasteiger charge is -2.36. The standard InChI is InChI=1S/C16H28N4O6S3/c1-3-9-19(10-4-2)29(25,26)20-13-11-18(12-14-20)28(23,24)16-7-5-15(6-8-16)27(17,21)22/h5-8H,3-4,9-14H2,1-2H3,(H2,17,21,22). The number of nitrogens with two attached hydrogens (primary N) is 1. The Labute approximate surface area is 173 Å². The Bertz CT molecular complexity index is 993. The lowest BCUT2D eigenvalue weighted by molar-refractivity contribution is 0.253. The molecule has 0 unspecified atom stereocenters. The zero-order valence-corrected chi connectivity index (χ0v) is 19.0. The van der Waals surface area contributed by atoms with E-state index in [4.69, 9.17) is 5.14 Å². The van der Waals surface area contributed by atoms with Crippen LogP contribution in [0.2, 0.25) is 0 Å². The Kier molecular flexibility index (Phi) is 7.81. The van der Waals surface area contributed by atoms with Crippen LogP contribution < -0.4 is 5.14 Å². The SMILES string of the molecule is CCCN(CCC)S(=O)(=O)N1CCN(S(=O)(=O)c2ccc(S(N)(=O)=O)cc2)CC1. The summed E-state index contributed by atoms with van der Waals surface area (Å²) in [6.45, 7) is 4.81. The van der Waals surface area contributed by atoms with Crippen LogP contribution in [0.3, 0.4) is 0 Å². The number of sulfonamides is 2. The van der Waals surface area contributed by atoms with Crippen molar-refractivity contribution in [3.05, 3.63) is 24.3 Å². The summed E-state index contributed by atoms with van der Waals surface area (Å²) in [5.41, 5.74) is 0. The molecule has 0 saturated carbocycles. The molecule has 0 radical (unpaired) electrons. The van der Waals surface area contributed by atoms with Crippen LogP contribution >= 0.6 is 0 Å². The second-order valence-electron chi connectivity index (χ2n) is 6.73. The van der Waals surface area contributed by atoms with Gasteiger partial charge in [-0.15, -0.1) is 0 Å². The third-order valence-electron chi connectivity index (χ3n) is 4.59. The molecule has 1 aliphatic rings. The maximum Gasteiger partial charge on any atom is 0.282 e. The van der Waals surface area contributed by atoms with Gasteiger partial charge in [-0.3, -0.25) is 0 Å². The van der Waals surface area contributed by atoms with E-state index in [2.05, 4.69) is 0 Å². The van der Waals surface area contributed by atoms with E-state index >= 15 is 0 Å². The molecule has 1 fully saturated rings. The maximum absolute atomic E-state index is 12.8. The van der Waals surface area contributed by atoms with Crippen molar-refractivity contribution in [2.75, 3.05) is 39.3 Å². The highest BCUT2D eigenvalue weighted by Gasteiger charge is 2.35. The van der Waals surface area contributed by atoms with E-state index in [0.29, 0.717) is 25.9 Å². The van der Waals surface area contributed by atoms with Gasteiger partial charge in [-0.05, 0) is 37.1 Å². The van der Waals surface area contributed by atoms with Crippen molar-refractivity contribution in [2.24, 2.45) is 5.14 Å². The van der Waals surface area contributed by atoms with E-state index in [0.717, 1.165) is 12.1 Å². The van der Waals surface area contributed by atoms with Crippen molar-refractivity contribution in [2.45, 2.75) is 36.5 Å². The van der Waals surface area contributed by atoms with Gasteiger partial charge in [0.2, 0.25) is 20.0 Å². The van der Waals surface area contributed by atoms with Crippen LogP contribution in [0.15, 0.2) is 34.1 Å². The van der Waals surface area contributed by atoms with Gasteiger partial charge in [0.25, 0.3) is 10.2 Å². The average Bonchev–Trinajstić information content (AvgIpc) is 2.67. The minimum absolute atomic E-state index is 0.0184. The van der Waals surface area contributed by atoms with Crippen molar-refractivity contribution >= 4 is 30.3 Å². The zero-order valence-electron chi connectivity index (χ0n) is 16.6. The predicted octanol–water partition coefficient (Wildman–Crippen LogP) is 0.00710. The number of nitrogens with zero attached hydrogens (tertiary/aromatic N) is 3. The van der Waals surface area contributed by atoms with E-state index in [1.807, 2.05) is 13.8 Å². The fraction of sp³-hybridized carbons (Fsp3) is 0.625. The molecule has 13 heteroatoms. The molecular formula is C16H28N4O6S3. The second kappa shape index (κ2) is 9.37. The highest BCUT2D eigenvalue weighted by atomic mass is 32.2. The fourth-order valence-corrected chi connectivity index (χ4v) is 6.81. The van der Waals surface area contributed by atoms with Crippen LogP contribution in [0.25, 0.3) is 0 Å². The molecule has 0 spiro atoms. The third kappa shape index (κ3) is 5.54. The summed E-state index contributed by atoms with van der Waals surface area (Å²) in [4.78, 5) is -0.251. The topological polar surface area (TPSA) is 138 Å². The van der Waals surface area contributed by atoms with Crippen molar-refractivity contribution in [1.82, 2.24) is 12.9 Å². The number of rotatable bonds is 9. The van der Waals surface area contributed by atoms with Crippen LogP contribution in [-0.2, 0) is 30.3 Å². The summed E-state index contributed by atoms with van der Waals surface area (Å²) in [5, 5.41) is 5.03. The van der Waals surface area contributed by atoms with Crippen LogP contribution in [-0.4, -0.2) is 77.4 Å². The molecule has 1 aromatic carbocycles. The Balaban J connectivity index is 2.13. The van der Waals surface area contributed by atoms with E-state index in [9.17, 15) is 25.3 Å². The summed E-state index contributed by atoms with van der Waals surface area (Å²) < 4.78 is 77.9. The first-order chi connectivity index (χ1) is 13.4. The zero-order chi connectivity index (χ0) is 21.9. The van der Waals surface area contributed by atoms with Crippen molar-refractivity contribution in [3.63, 3.8) is 0 Å². The van der Waals surface area contributed by atoms with Crippen LogP contribution in [0, 0.1) is 0 Å². The van der Waals surface area contributed by atoms with Crippen molar-refractivity contribution in [1.29, 1.82) is 0 Å². The normalized spacial score (nSPS) is 17.7. The molecule has 29 heavy (non-hydrogen) atoms. The largest absolute Gasteiger partial charge is 0.282 e. The third-order valence-corrected chi connectivity index (χ3v) is 9.46. The number of piperazine rings is 1. The highest BCUT2D eigenvalue weighted by Crippen LogP contribution is 2.21. The van der Waals surface area contributed by atoms with E-state index < -0.39 is 30.3 Å². The Morgan fingerprint density at radius 2 is 1.21 bits per heavy atom. The Morgan fingerprint density at radius 1 is 0.793 bits per heavy atom. The molecule has 166 valence electrons. The summed E-state index contributed by atoms with van der Waals surface area (Å²) >= 11 is 0. The van der Waals surface area contributed by atoms with Gasteiger partial charge in [-0.2, -0.15) is 21.3 Å². The molecule has 0 aliphatic carbocycles. The Morgan fingerprint density at radius 3 is 1.62 bits per heavy atom. The predicted molar refractivity (Wildman–Crippen MR) is 109 cm³/mol. The molecule has 2 rings (SSSR count). The molecule has 0 aromatic heterocycles. The molecular weight excluding hydrogens is 440 g/mol. The van der Waals surface area contributed by atoms with Gasteiger partial charge < -0.3 is 0 Å². The van der Waals surface area contributed by atoms with Gasteiger partial charge in [0.15, 0.2) is 0 Å². The molecule has 0 atom stereocenters. The molecule has 1 aromatic rings. The number of benzene rings is 1. The monoisotopic (exact) mass is 468 g/mol. The van der Waals surface area contributed by atoms with Crippen molar-refractivity contribution in [3.8, 4) is 0 Å². The average molecular weight is 469 g/mol. The molecule has 1 aliphatic heterocycles. The lowest BCUT2D eigenvalue weighted by atomic mass is 10.4. The number of primary sulfonamides is 1. The first-order valence-electron chi connectivity index (χ1n) is 9.32. The fourth-order valence-electron chi connectivity index (χ4n) is 3.10. The molecule has 0 amide bonds. The van der Waals surface area contributed by atoms with E-state index in [-0.39, 0.29) is 36.0 Å². The highest BCUT2D eigenvalue weighted by molar-refractivity contribution is 7.89. The molecule has 2 N–H and O–H groups in total. The van der Waals surface area contributed by atoms with Crippen LogP contribution in [0.1, 0.15) is 26.7 Å². The maximum atomic E-state index is 12.8. The van der Waals surface area contributed by atoms with Gasteiger partial charge in [-0.1, -0.05) is 13.8 Å². The van der Waals surface area contributed by atoms with Crippen LogP contribution in [0.5, 0.6) is 0 Å². The molecule has 1 heterocycles. The first kappa shape index (κ1) is 24.2. The summed E-state index contributed by atoms with van der Waals surface area (Å²) in [6, 6.07) is 4.64. The number of hydrogen-bond donors (Lipinski definition) is 1. The smallest absolute Gasteiger partial charge is 0.225 e. The summed E-state index contributed by atoms with van der Waals surface area (Å²) in [5.74, 6) is 0. The lowest BCUT2D eigenvalue weighted by Crippen LogP contribution is -2.54. The number of hydrogen-bond acceptors (Lipinski definition) is 6. The molecule has 1 saturated heterocycles.